The predicted molar refractivity (Wildman–Crippen MR) is 113 cm³/mol. The SMILES string of the molecule is O=C(CSc1n[nH]c(=O)c2cc(-c3cccs3)nn12)Nc1ccc(Cl)c(C(F)(F)F)c1. The number of fused-ring (bicyclic) bond motifs is 1. The molecule has 0 fully saturated rings. The summed E-state index contributed by atoms with van der Waals surface area (Å²) in [5, 5.41) is 14.7. The first-order valence-corrected chi connectivity index (χ1v) is 10.8. The number of nitrogens with one attached hydrogen (secondary N) is 2. The zero-order valence-electron chi connectivity index (χ0n) is 15.2. The van der Waals surface area contributed by atoms with Crippen molar-refractivity contribution in [3.8, 4) is 10.6 Å². The molecule has 1 aromatic carbocycles. The van der Waals surface area contributed by atoms with E-state index >= 15 is 0 Å². The molecule has 1 amide bonds. The van der Waals surface area contributed by atoms with Crippen LogP contribution in [0.15, 0.2) is 51.7 Å². The van der Waals surface area contributed by atoms with Crippen LogP contribution >= 0.6 is 34.7 Å². The number of nitrogens with zero attached hydrogens (tertiary/aromatic N) is 3. The Labute approximate surface area is 185 Å². The van der Waals surface area contributed by atoms with Gasteiger partial charge in [0, 0.05) is 5.69 Å². The topological polar surface area (TPSA) is 92.2 Å². The fourth-order valence-electron chi connectivity index (χ4n) is 2.68. The van der Waals surface area contributed by atoms with Crippen molar-refractivity contribution in [1.82, 2.24) is 19.8 Å². The van der Waals surface area contributed by atoms with Gasteiger partial charge in [-0.25, -0.2) is 9.61 Å². The molecule has 31 heavy (non-hydrogen) atoms. The van der Waals surface area contributed by atoms with Crippen LogP contribution < -0.4 is 10.9 Å². The molecule has 7 nitrogen and oxygen atoms in total. The summed E-state index contributed by atoms with van der Waals surface area (Å²) in [5.74, 6) is -0.737. The van der Waals surface area contributed by atoms with Crippen molar-refractivity contribution in [2.45, 2.75) is 11.3 Å². The summed E-state index contributed by atoms with van der Waals surface area (Å²) in [5.41, 5.74) is -0.679. The van der Waals surface area contributed by atoms with E-state index in [0.717, 1.165) is 28.8 Å². The van der Waals surface area contributed by atoms with E-state index in [1.165, 1.54) is 21.9 Å². The van der Waals surface area contributed by atoms with E-state index in [1.54, 1.807) is 6.07 Å². The molecule has 0 bridgehead atoms. The minimum atomic E-state index is -4.64. The number of carbonyl (C=O) groups excluding carboxylic acids is 1. The van der Waals surface area contributed by atoms with Crippen molar-refractivity contribution >= 4 is 51.8 Å². The van der Waals surface area contributed by atoms with Gasteiger partial charge < -0.3 is 5.32 Å². The molecule has 0 aliphatic rings. The van der Waals surface area contributed by atoms with Crippen LogP contribution in [0.2, 0.25) is 5.02 Å². The first-order chi connectivity index (χ1) is 14.7. The number of carbonyl (C=O) groups is 1. The molecule has 0 atom stereocenters. The van der Waals surface area contributed by atoms with Crippen molar-refractivity contribution in [2.24, 2.45) is 0 Å². The number of halogens is 4. The minimum absolute atomic E-state index is 0.0408. The number of hydrogen-bond donors (Lipinski definition) is 2. The standard InChI is InChI=1S/C18H11ClF3N5O2S2/c19-11-4-3-9(6-10(11)18(20,21)22)23-15(28)8-31-17-25-24-16(29)13-7-12(26-27(13)17)14-2-1-5-30-14/h1-7H,8H2,(H,23,28)(H,24,29). The summed E-state index contributed by atoms with van der Waals surface area (Å²) in [6.45, 7) is 0. The first-order valence-electron chi connectivity index (χ1n) is 8.54. The van der Waals surface area contributed by atoms with E-state index in [2.05, 4.69) is 20.6 Å². The van der Waals surface area contributed by atoms with E-state index in [4.69, 9.17) is 11.6 Å². The lowest BCUT2D eigenvalue weighted by Crippen LogP contribution is -2.17. The number of hydrogen-bond acceptors (Lipinski definition) is 6. The molecule has 0 radical (unpaired) electrons. The number of aromatic amines is 1. The van der Waals surface area contributed by atoms with Crippen LogP contribution in [0, 0.1) is 0 Å². The van der Waals surface area contributed by atoms with Crippen LogP contribution in [-0.2, 0) is 11.0 Å². The summed E-state index contributed by atoms with van der Waals surface area (Å²) in [6.07, 6.45) is -4.64. The highest BCUT2D eigenvalue weighted by Crippen LogP contribution is 2.36. The van der Waals surface area contributed by atoms with Gasteiger partial charge in [0.25, 0.3) is 5.56 Å². The molecule has 4 aromatic rings. The zero-order valence-corrected chi connectivity index (χ0v) is 17.6. The van der Waals surface area contributed by atoms with E-state index in [1.807, 2.05) is 17.5 Å². The second-order valence-electron chi connectivity index (χ2n) is 6.17. The summed E-state index contributed by atoms with van der Waals surface area (Å²) in [4.78, 5) is 25.2. The monoisotopic (exact) mass is 485 g/mol. The second kappa shape index (κ2) is 8.36. The van der Waals surface area contributed by atoms with Gasteiger partial charge >= 0.3 is 6.18 Å². The van der Waals surface area contributed by atoms with Gasteiger partial charge in [-0.15, -0.1) is 16.4 Å². The van der Waals surface area contributed by atoms with Crippen molar-refractivity contribution in [3.63, 3.8) is 0 Å². The van der Waals surface area contributed by atoms with Crippen LogP contribution in [-0.4, -0.2) is 31.5 Å². The molecule has 0 saturated heterocycles. The number of anilines is 1. The van der Waals surface area contributed by atoms with Crippen molar-refractivity contribution in [3.05, 3.63) is 62.7 Å². The third kappa shape index (κ3) is 4.60. The number of benzene rings is 1. The van der Waals surface area contributed by atoms with Gasteiger partial charge in [-0.3, -0.25) is 9.59 Å². The molecule has 3 aromatic heterocycles. The van der Waals surface area contributed by atoms with Crippen LogP contribution in [0.3, 0.4) is 0 Å². The van der Waals surface area contributed by atoms with Crippen molar-refractivity contribution in [2.75, 3.05) is 11.1 Å². The Kier molecular flexibility index (Phi) is 5.77. The van der Waals surface area contributed by atoms with Crippen LogP contribution in [0.4, 0.5) is 18.9 Å². The smallest absolute Gasteiger partial charge is 0.325 e. The Morgan fingerprint density at radius 1 is 1.29 bits per heavy atom. The van der Waals surface area contributed by atoms with Crippen LogP contribution in [0.5, 0.6) is 0 Å². The summed E-state index contributed by atoms with van der Waals surface area (Å²) in [7, 11) is 0. The number of thioether (sulfide) groups is 1. The Hall–Kier alpha value is -2.83. The molecule has 0 saturated carbocycles. The molecule has 0 unspecified atom stereocenters. The quantitative estimate of drug-likeness (QED) is 0.405. The van der Waals surface area contributed by atoms with Crippen LogP contribution in [0.1, 0.15) is 5.56 Å². The second-order valence-corrected chi connectivity index (χ2v) is 8.47. The molecule has 160 valence electrons. The molecule has 0 aliphatic carbocycles. The van der Waals surface area contributed by atoms with Crippen molar-refractivity contribution < 1.29 is 18.0 Å². The molecule has 13 heteroatoms. The summed E-state index contributed by atoms with van der Waals surface area (Å²) in [6, 6.07) is 8.43. The maximum atomic E-state index is 13.0. The van der Waals surface area contributed by atoms with Gasteiger partial charge in [0.05, 0.1) is 21.2 Å². The largest absolute Gasteiger partial charge is 0.417 e. The van der Waals surface area contributed by atoms with Gasteiger partial charge in [0.1, 0.15) is 11.2 Å². The van der Waals surface area contributed by atoms with Gasteiger partial charge in [0.2, 0.25) is 11.1 Å². The Morgan fingerprint density at radius 3 is 2.81 bits per heavy atom. The van der Waals surface area contributed by atoms with E-state index < -0.39 is 28.2 Å². The van der Waals surface area contributed by atoms with E-state index in [0.29, 0.717) is 5.69 Å². The predicted octanol–water partition coefficient (Wildman–Crippen LogP) is 4.55. The van der Waals surface area contributed by atoms with Gasteiger partial charge in [-0.2, -0.15) is 18.3 Å². The lowest BCUT2D eigenvalue weighted by atomic mass is 10.2. The maximum absolute atomic E-state index is 13.0. The Bertz CT molecular complexity index is 1320. The number of H-pyrrole nitrogens is 1. The first kappa shape index (κ1) is 21.4. The fourth-order valence-corrected chi connectivity index (χ4v) is 4.29. The molecule has 3 heterocycles. The fraction of sp³-hybridized carbons (Fsp3) is 0.111. The highest BCUT2D eigenvalue weighted by Gasteiger charge is 2.33. The molecular weight excluding hydrogens is 475 g/mol. The lowest BCUT2D eigenvalue weighted by molar-refractivity contribution is -0.137. The molecule has 4 rings (SSSR count). The molecule has 0 spiro atoms. The Balaban J connectivity index is 1.51. The van der Waals surface area contributed by atoms with Gasteiger partial charge in [-0.1, -0.05) is 29.4 Å². The van der Waals surface area contributed by atoms with Crippen molar-refractivity contribution in [1.29, 1.82) is 0 Å². The third-order valence-electron chi connectivity index (χ3n) is 4.04. The van der Waals surface area contributed by atoms with E-state index in [9.17, 15) is 22.8 Å². The number of rotatable bonds is 5. The number of amides is 1. The van der Waals surface area contributed by atoms with E-state index in [-0.39, 0.29) is 22.1 Å². The molecule has 2 N–H and O–H groups in total. The average molecular weight is 486 g/mol. The third-order valence-corrected chi connectivity index (χ3v) is 6.19. The highest BCUT2D eigenvalue weighted by molar-refractivity contribution is 7.99. The summed E-state index contributed by atoms with van der Waals surface area (Å²) >= 11 is 8.01. The van der Waals surface area contributed by atoms with Gasteiger partial charge in [0.15, 0.2) is 0 Å². The number of aromatic nitrogens is 4. The molecule has 0 aliphatic heterocycles. The normalized spacial score (nSPS) is 11.7. The van der Waals surface area contributed by atoms with Gasteiger partial charge in [-0.05, 0) is 35.7 Å². The lowest BCUT2D eigenvalue weighted by Gasteiger charge is -2.11. The number of alkyl halides is 3. The molecular formula is C18H11ClF3N5O2S2. The van der Waals surface area contributed by atoms with Crippen LogP contribution in [0.25, 0.3) is 16.1 Å². The summed E-state index contributed by atoms with van der Waals surface area (Å²) < 4.78 is 40.2. The zero-order chi connectivity index (χ0) is 22.2. The maximum Gasteiger partial charge on any atom is 0.417 e. The minimum Gasteiger partial charge on any atom is -0.325 e. The number of thiophene rings is 1. The average Bonchev–Trinajstić information content (AvgIpc) is 3.38. The highest BCUT2D eigenvalue weighted by atomic mass is 35.5. The Morgan fingerprint density at radius 2 is 2.10 bits per heavy atom.